The van der Waals surface area contributed by atoms with Crippen molar-refractivity contribution < 1.29 is 0 Å². The van der Waals surface area contributed by atoms with Crippen molar-refractivity contribution in [1.82, 2.24) is 15.1 Å². The van der Waals surface area contributed by atoms with Crippen molar-refractivity contribution in [3.05, 3.63) is 15.9 Å². The summed E-state index contributed by atoms with van der Waals surface area (Å²) in [5.41, 5.74) is 2.38. The van der Waals surface area contributed by atoms with Crippen molar-refractivity contribution in [3.63, 3.8) is 0 Å². The van der Waals surface area contributed by atoms with Crippen LogP contribution in [-0.2, 0) is 13.5 Å². The topological polar surface area (TPSA) is 29.9 Å². The predicted octanol–water partition coefficient (Wildman–Crippen LogP) is 3.30. The Balaban J connectivity index is 2.21. The van der Waals surface area contributed by atoms with E-state index in [4.69, 9.17) is 0 Å². The maximum absolute atomic E-state index is 4.51. The smallest absolute Gasteiger partial charge is 0.0738 e. The number of hydrogen-bond acceptors (Lipinski definition) is 3. The Labute approximate surface area is 129 Å². The molecule has 0 radical (unpaired) electrons. The highest BCUT2D eigenvalue weighted by molar-refractivity contribution is 9.10. The van der Waals surface area contributed by atoms with Crippen LogP contribution in [0.3, 0.4) is 0 Å². The van der Waals surface area contributed by atoms with E-state index in [1.807, 2.05) is 11.7 Å². The highest BCUT2D eigenvalue weighted by Crippen LogP contribution is 2.41. The summed E-state index contributed by atoms with van der Waals surface area (Å²) >= 11 is 5.81. The van der Waals surface area contributed by atoms with Gasteiger partial charge >= 0.3 is 0 Å². The zero-order valence-corrected chi connectivity index (χ0v) is 14.7. The largest absolute Gasteiger partial charge is 0.312 e. The molecule has 1 saturated heterocycles. The summed E-state index contributed by atoms with van der Waals surface area (Å²) in [7, 11) is 2.04. The van der Waals surface area contributed by atoms with Gasteiger partial charge in [-0.25, -0.2) is 0 Å². The Hall–Kier alpha value is -0.000000000000000111. The second kappa shape index (κ2) is 6.19. The summed E-state index contributed by atoms with van der Waals surface area (Å²) in [5, 5.41) is 8.20. The number of rotatable bonds is 5. The van der Waals surface area contributed by atoms with Crippen molar-refractivity contribution in [1.29, 1.82) is 0 Å². The van der Waals surface area contributed by atoms with Gasteiger partial charge in [-0.3, -0.25) is 4.68 Å². The summed E-state index contributed by atoms with van der Waals surface area (Å²) in [6, 6.07) is 0.510. The molecule has 2 rings (SSSR count). The molecule has 0 aromatic carbocycles. The molecular formula is C14H24BrN3S. The average Bonchev–Trinajstić information content (AvgIpc) is 2.89. The molecule has 1 aromatic heterocycles. The molecule has 108 valence electrons. The number of thioether (sulfide) groups is 1. The number of nitrogens with one attached hydrogen (secondary N) is 1. The van der Waals surface area contributed by atoms with E-state index in [1.54, 1.807) is 0 Å². The van der Waals surface area contributed by atoms with E-state index in [0.717, 1.165) is 18.7 Å². The van der Waals surface area contributed by atoms with Gasteiger partial charge in [-0.05, 0) is 54.9 Å². The van der Waals surface area contributed by atoms with Crippen LogP contribution in [0.25, 0.3) is 0 Å². The van der Waals surface area contributed by atoms with Crippen molar-refractivity contribution in [2.24, 2.45) is 7.05 Å². The van der Waals surface area contributed by atoms with E-state index in [2.05, 4.69) is 58.9 Å². The lowest BCUT2D eigenvalue weighted by molar-refractivity contribution is 0.398. The maximum atomic E-state index is 4.51. The summed E-state index contributed by atoms with van der Waals surface area (Å²) in [4.78, 5) is 0. The summed E-state index contributed by atoms with van der Waals surface area (Å²) in [6.07, 6.45) is 3.69. The minimum Gasteiger partial charge on any atom is -0.312 e. The number of nitrogens with zero attached hydrogens (tertiary/aromatic N) is 2. The molecule has 0 spiro atoms. The van der Waals surface area contributed by atoms with E-state index < -0.39 is 0 Å². The van der Waals surface area contributed by atoms with Crippen LogP contribution in [-0.4, -0.2) is 32.9 Å². The molecule has 2 heterocycles. The van der Waals surface area contributed by atoms with Crippen LogP contribution in [0.2, 0.25) is 0 Å². The van der Waals surface area contributed by atoms with Crippen molar-refractivity contribution in [2.45, 2.75) is 50.8 Å². The fourth-order valence-corrected chi connectivity index (χ4v) is 4.83. The molecule has 1 aliphatic rings. The Morgan fingerprint density at radius 3 is 2.79 bits per heavy atom. The molecule has 1 aliphatic heterocycles. The van der Waals surface area contributed by atoms with Gasteiger partial charge in [0, 0.05) is 24.3 Å². The Kier molecular flexibility index (Phi) is 5.01. The van der Waals surface area contributed by atoms with E-state index in [-0.39, 0.29) is 0 Å². The van der Waals surface area contributed by atoms with Gasteiger partial charge in [-0.2, -0.15) is 16.9 Å². The summed E-state index contributed by atoms with van der Waals surface area (Å²) < 4.78 is 3.55. The van der Waals surface area contributed by atoms with Crippen molar-refractivity contribution in [3.8, 4) is 0 Å². The van der Waals surface area contributed by atoms with Crippen molar-refractivity contribution >= 4 is 27.7 Å². The molecule has 19 heavy (non-hydrogen) atoms. The fourth-order valence-electron chi connectivity index (χ4n) is 2.92. The second-order valence-electron chi connectivity index (χ2n) is 5.55. The van der Waals surface area contributed by atoms with E-state index in [0.29, 0.717) is 10.8 Å². The van der Waals surface area contributed by atoms with Crippen LogP contribution in [0.4, 0.5) is 0 Å². The Morgan fingerprint density at radius 1 is 1.58 bits per heavy atom. The third-order valence-corrected chi connectivity index (χ3v) is 6.77. The maximum Gasteiger partial charge on any atom is 0.0738 e. The highest BCUT2D eigenvalue weighted by atomic mass is 79.9. The molecule has 0 saturated carbocycles. The predicted molar refractivity (Wildman–Crippen MR) is 86.9 cm³/mol. The number of halogens is 1. The minimum absolute atomic E-state index is 0.355. The SMILES string of the molecule is CCNC(Cc1c(Br)c(C)nn1C)C1(C)CCCS1. The minimum atomic E-state index is 0.355. The van der Waals surface area contributed by atoms with E-state index >= 15 is 0 Å². The first-order valence-corrected chi connectivity index (χ1v) is 8.81. The third-order valence-electron chi connectivity index (χ3n) is 4.10. The quantitative estimate of drug-likeness (QED) is 0.887. The molecule has 0 amide bonds. The fraction of sp³-hybridized carbons (Fsp3) is 0.786. The van der Waals surface area contributed by atoms with Gasteiger partial charge in [-0.1, -0.05) is 6.92 Å². The molecular weight excluding hydrogens is 322 g/mol. The molecule has 1 fully saturated rings. The van der Waals surface area contributed by atoms with Gasteiger partial charge in [0.1, 0.15) is 0 Å². The molecule has 2 atom stereocenters. The van der Waals surface area contributed by atoms with Crippen molar-refractivity contribution in [2.75, 3.05) is 12.3 Å². The van der Waals surface area contributed by atoms with Crippen LogP contribution >= 0.6 is 27.7 Å². The first kappa shape index (κ1) is 15.4. The number of aryl methyl sites for hydroxylation is 2. The lowest BCUT2D eigenvalue weighted by Crippen LogP contribution is -2.47. The first-order valence-electron chi connectivity index (χ1n) is 7.03. The number of hydrogen-bond donors (Lipinski definition) is 1. The lowest BCUT2D eigenvalue weighted by atomic mass is 9.92. The standard InChI is InChI=1S/C14H24BrN3S/c1-5-16-12(14(3)7-6-8-19-14)9-11-13(15)10(2)17-18(11)4/h12,16H,5-9H2,1-4H3. The van der Waals surface area contributed by atoms with Gasteiger partial charge in [-0.15, -0.1) is 0 Å². The molecule has 1 aromatic rings. The van der Waals surface area contributed by atoms with Gasteiger partial charge in [0.25, 0.3) is 0 Å². The monoisotopic (exact) mass is 345 g/mol. The summed E-state index contributed by atoms with van der Waals surface area (Å²) in [5.74, 6) is 1.30. The Morgan fingerprint density at radius 2 is 2.32 bits per heavy atom. The lowest BCUT2D eigenvalue weighted by Gasteiger charge is -2.34. The zero-order chi connectivity index (χ0) is 14.0. The van der Waals surface area contributed by atoms with Crippen LogP contribution < -0.4 is 5.32 Å². The van der Waals surface area contributed by atoms with Crippen LogP contribution in [0.15, 0.2) is 4.47 Å². The molecule has 3 nitrogen and oxygen atoms in total. The third kappa shape index (κ3) is 3.19. The normalized spacial score (nSPS) is 24.9. The number of aromatic nitrogens is 2. The zero-order valence-electron chi connectivity index (χ0n) is 12.3. The molecule has 2 unspecified atom stereocenters. The second-order valence-corrected chi connectivity index (χ2v) is 7.97. The van der Waals surface area contributed by atoms with Crippen LogP contribution in [0, 0.1) is 6.92 Å². The van der Waals surface area contributed by atoms with Crippen LogP contribution in [0.5, 0.6) is 0 Å². The van der Waals surface area contributed by atoms with Crippen LogP contribution in [0.1, 0.15) is 38.1 Å². The highest BCUT2D eigenvalue weighted by Gasteiger charge is 2.38. The average molecular weight is 346 g/mol. The summed E-state index contributed by atoms with van der Waals surface area (Å²) in [6.45, 7) is 7.69. The molecule has 1 N–H and O–H groups in total. The first-order chi connectivity index (χ1) is 8.98. The molecule has 0 bridgehead atoms. The van der Waals surface area contributed by atoms with Gasteiger partial charge in [0.05, 0.1) is 15.9 Å². The van der Waals surface area contributed by atoms with Gasteiger partial charge in [0.15, 0.2) is 0 Å². The van der Waals surface area contributed by atoms with Gasteiger partial charge in [0.2, 0.25) is 0 Å². The van der Waals surface area contributed by atoms with E-state index in [1.165, 1.54) is 28.8 Å². The number of likely N-dealkylation sites (N-methyl/N-ethyl adjacent to an activating group) is 1. The molecule has 0 aliphatic carbocycles. The van der Waals surface area contributed by atoms with E-state index in [9.17, 15) is 0 Å². The Bertz CT molecular complexity index is 438. The van der Waals surface area contributed by atoms with Gasteiger partial charge < -0.3 is 5.32 Å². The molecule has 5 heteroatoms.